The molecule has 0 aliphatic heterocycles. The first kappa shape index (κ1) is 13.9. The average molecular weight is 292 g/mol. The number of aromatic nitrogens is 2. The lowest BCUT2D eigenvalue weighted by Gasteiger charge is -2.07. The van der Waals surface area contributed by atoms with Crippen LogP contribution in [0.5, 0.6) is 0 Å². The van der Waals surface area contributed by atoms with Crippen LogP contribution < -0.4 is 5.73 Å². The highest BCUT2D eigenvalue weighted by molar-refractivity contribution is 6.31. The van der Waals surface area contributed by atoms with E-state index in [0.717, 1.165) is 29.9 Å². The summed E-state index contributed by atoms with van der Waals surface area (Å²) in [6, 6.07) is 6.73. The number of imidazole rings is 1. The van der Waals surface area contributed by atoms with Crippen LogP contribution in [0.25, 0.3) is 11.0 Å². The molecule has 0 amide bonds. The molecular formula is C16H22ClN3. The summed E-state index contributed by atoms with van der Waals surface area (Å²) < 4.78 is 2.44. The monoisotopic (exact) mass is 291 g/mol. The Hall–Kier alpha value is -1.06. The Bertz CT molecular complexity index is 587. The maximum Gasteiger partial charge on any atom is 0.110 e. The lowest BCUT2D eigenvalue weighted by atomic mass is 10.1. The lowest BCUT2D eigenvalue weighted by molar-refractivity contribution is 0.612. The van der Waals surface area contributed by atoms with Crippen LogP contribution in [0.4, 0.5) is 0 Å². The summed E-state index contributed by atoms with van der Waals surface area (Å²) in [5, 5.41) is 0.771. The number of benzene rings is 1. The molecule has 1 heterocycles. The summed E-state index contributed by atoms with van der Waals surface area (Å²) in [6.45, 7) is 0.805. The van der Waals surface area contributed by atoms with Crippen molar-refractivity contribution < 1.29 is 0 Å². The Morgan fingerprint density at radius 3 is 2.75 bits per heavy atom. The highest BCUT2D eigenvalue weighted by Crippen LogP contribution is 2.39. The average Bonchev–Trinajstić information content (AvgIpc) is 3.20. The molecule has 1 aliphatic carbocycles. The Morgan fingerprint density at radius 1 is 1.20 bits per heavy atom. The minimum atomic E-state index is 0.667. The number of halogens is 1. The largest absolute Gasteiger partial charge is 0.330 e. The fourth-order valence-corrected chi connectivity index (χ4v) is 2.99. The van der Waals surface area contributed by atoms with E-state index in [-0.39, 0.29) is 0 Å². The van der Waals surface area contributed by atoms with E-state index in [1.807, 2.05) is 12.1 Å². The Kier molecular flexibility index (Phi) is 4.27. The summed E-state index contributed by atoms with van der Waals surface area (Å²) in [4.78, 5) is 4.81. The van der Waals surface area contributed by atoms with Gasteiger partial charge in [-0.2, -0.15) is 0 Å². The van der Waals surface area contributed by atoms with Gasteiger partial charge in [0.15, 0.2) is 0 Å². The van der Waals surface area contributed by atoms with Crippen molar-refractivity contribution in [1.29, 1.82) is 0 Å². The van der Waals surface area contributed by atoms with Crippen molar-refractivity contribution in [2.45, 2.75) is 51.0 Å². The lowest BCUT2D eigenvalue weighted by Crippen LogP contribution is -2.02. The van der Waals surface area contributed by atoms with Crippen molar-refractivity contribution in [2.24, 2.45) is 5.73 Å². The molecule has 0 bridgehead atoms. The van der Waals surface area contributed by atoms with Gasteiger partial charge in [-0.05, 0) is 50.4 Å². The van der Waals surface area contributed by atoms with E-state index in [1.165, 1.54) is 43.4 Å². The molecule has 1 fully saturated rings. The van der Waals surface area contributed by atoms with Gasteiger partial charge in [0.25, 0.3) is 0 Å². The number of aryl methyl sites for hydroxylation is 1. The van der Waals surface area contributed by atoms with Crippen molar-refractivity contribution in [3.8, 4) is 0 Å². The van der Waals surface area contributed by atoms with E-state index >= 15 is 0 Å². The van der Waals surface area contributed by atoms with Crippen LogP contribution in [0, 0.1) is 0 Å². The van der Waals surface area contributed by atoms with E-state index < -0.39 is 0 Å². The molecule has 108 valence electrons. The van der Waals surface area contributed by atoms with E-state index in [0.29, 0.717) is 6.04 Å². The number of hydrogen-bond acceptors (Lipinski definition) is 2. The van der Waals surface area contributed by atoms with E-state index in [4.69, 9.17) is 22.3 Å². The molecular weight excluding hydrogens is 270 g/mol. The highest BCUT2D eigenvalue weighted by atomic mass is 35.5. The summed E-state index contributed by atoms with van der Waals surface area (Å²) in [6.07, 6.45) is 8.44. The molecule has 1 aromatic carbocycles. The third-order valence-corrected chi connectivity index (χ3v) is 4.23. The first-order chi connectivity index (χ1) is 9.79. The fourth-order valence-electron chi connectivity index (χ4n) is 2.82. The quantitative estimate of drug-likeness (QED) is 0.781. The number of nitrogens with zero attached hydrogens (tertiary/aromatic N) is 2. The second-order valence-electron chi connectivity index (χ2n) is 5.72. The third kappa shape index (κ3) is 2.99. The molecule has 0 spiro atoms. The number of unbranched alkanes of at least 4 members (excludes halogenated alkanes) is 3. The molecule has 0 saturated heterocycles. The summed E-state index contributed by atoms with van der Waals surface area (Å²) in [7, 11) is 0. The van der Waals surface area contributed by atoms with Crippen molar-refractivity contribution in [2.75, 3.05) is 6.54 Å². The maximum atomic E-state index is 6.08. The van der Waals surface area contributed by atoms with Crippen LogP contribution in [0.2, 0.25) is 5.02 Å². The molecule has 1 aromatic heterocycles. The summed E-state index contributed by atoms with van der Waals surface area (Å²) >= 11 is 6.08. The van der Waals surface area contributed by atoms with Gasteiger partial charge in [-0.25, -0.2) is 4.98 Å². The van der Waals surface area contributed by atoms with Gasteiger partial charge in [-0.15, -0.1) is 0 Å². The smallest absolute Gasteiger partial charge is 0.110 e. The summed E-state index contributed by atoms with van der Waals surface area (Å²) in [5.74, 6) is 1.23. The zero-order valence-corrected chi connectivity index (χ0v) is 12.6. The molecule has 2 aromatic rings. The number of nitrogens with two attached hydrogens (primary N) is 1. The zero-order valence-electron chi connectivity index (χ0n) is 11.8. The molecule has 0 radical (unpaired) electrons. The molecule has 0 atom stereocenters. The SMILES string of the molecule is NCCCCCCc1nc2cc(Cl)ccc2n1C1CC1. The highest BCUT2D eigenvalue weighted by Gasteiger charge is 2.27. The van der Waals surface area contributed by atoms with Crippen LogP contribution in [-0.4, -0.2) is 16.1 Å². The van der Waals surface area contributed by atoms with Crippen LogP contribution in [0.1, 0.15) is 50.4 Å². The molecule has 1 saturated carbocycles. The van der Waals surface area contributed by atoms with E-state index in [2.05, 4.69) is 10.6 Å². The maximum absolute atomic E-state index is 6.08. The number of hydrogen-bond donors (Lipinski definition) is 1. The topological polar surface area (TPSA) is 43.8 Å². The Labute approximate surface area is 125 Å². The molecule has 20 heavy (non-hydrogen) atoms. The van der Waals surface area contributed by atoms with E-state index in [1.54, 1.807) is 0 Å². The zero-order chi connectivity index (χ0) is 13.9. The van der Waals surface area contributed by atoms with Crippen LogP contribution in [0.15, 0.2) is 18.2 Å². The molecule has 3 nitrogen and oxygen atoms in total. The molecule has 0 unspecified atom stereocenters. The molecule has 2 N–H and O–H groups in total. The van der Waals surface area contributed by atoms with Gasteiger partial charge in [-0.3, -0.25) is 0 Å². The first-order valence-electron chi connectivity index (χ1n) is 7.66. The standard InChI is InChI=1S/C16H22ClN3/c17-12-6-9-15-14(11-12)19-16(20(15)13-7-8-13)5-3-1-2-4-10-18/h6,9,11,13H,1-5,7-8,10,18H2. The predicted molar refractivity (Wildman–Crippen MR) is 84.2 cm³/mol. The number of fused-ring (bicyclic) bond motifs is 1. The van der Waals surface area contributed by atoms with Gasteiger partial charge in [0, 0.05) is 17.5 Å². The van der Waals surface area contributed by atoms with Gasteiger partial charge in [-0.1, -0.05) is 24.4 Å². The second kappa shape index (κ2) is 6.15. The predicted octanol–water partition coefficient (Wildman–Crippen LogP) is 4.09. The Balaban J connectivity index is 1.77. The first-order valence-corrected chi connectivity index (χ1v) is 8.04. The van der Waals surface area contributed by atoms with Crippen LogP contribution >= 0.6 is 11.6 Å². The van der Waals surface area contributed by atoms with Crippen molar-refractivity contribution in [1.82, 2.24) is 9.55 Å². The minimum Gasteiger partial charge on any atom is -0.330 e. The molecule has 4 heteroatoms. The van der Waals surface area contributed by atoms with Crippen molar-refractivity contribution in [3.05, 3.63) is 29.0 Å². The second-order valence-corrected chi connectivity index (χ2v) is 6.15. The Morgan fingerprint density at radius 2 is 2.00 bits per heavy atom. The van der Waals surface area contributed by atoms with Gasteiger partial charge >= 0.3 is 0 Å². The minimum absolute atomic E-state index is 0.667. The van der Waals surface area contributed by atoms with Crippen LogP contribution in [0.3, 0.4) is 0 Å². The van der Waals surface area contributed by atoms with Gasteiger partial charge in [0.05, 0.1) is 11.0 Å². The van der Waals surface area contributed by atoms with Gasteiger partial charge in [0.1, 0.15) is 5.82 Å². The van der Waals surface area contributed by atoms with Crippen molar-refractivity contribution in [3.63, 3.8) is 0 Å². The van der Waals surface area contributed by atoms with Crippen molar-refractivity contribution >= 4 is 22.6 Å². The molecule has 1 aliphatic rings. The van der Waals surface area contributed by atoms with E-state index in [9.17, 15) is 0 Å². The normalized spacial score (nSPS) is 15.1. The van der Waals surface area contributed by atoms with Gasteiger partial charge in [0.2, 0.25) is 0 Å². The summed E-state index contributed by atoms with van der Waals surface area (Å²) in [5.41, 5.74) is 7.82. The number of rotatable bonds is 7. The fraction of sp³-hybridized carbons (Fsp3) is 0.562. The van der Waals surface area contributed by atoms with Crippen LogP contribution in [-0.2, 0) is 6.42 Å². The van der Waals surface area contributed by atoms with Gasteiger partial charge < -0.3 is 10.3 Å². The molecule has 3 rings (SSSR count). The third-order valence-electron chi connectivity index (χ3n) is 3.99.